The fourth-order valence-electron chi connectivity index (χ4n) is 0.533. The summed E-state index contributed by atoms with van der Waals surface area (Å²) in [4.78, 5) is 0. The van der Waals surface area contributed by atoms with E-state index in [1.54, 1.807) is 0 Å². The molecule has 50 valence electrons. The third kappa shape index (κ3) is 2.87. The van der Waals surface area contributed by atoms with Crippen molar-refractivity contribution in [2.24, 2.45) is 0 Å². The number of hydrogen-bond acceptors (Lipinski definition) is 0. The van der Waals surface area contributed by atoms with Crippen molar-refractivity contribution in [3.8, 4) is 0 Å². The average Bonchev–Trinajstić information content (AvgIpc) is 1.77. The van der Waals surface area contributed by atoms with Crippen LogP contribution in [0.15, 0.2) is 28.7 Å². The van der Waals surface area contributed by atoms with Crippen molar-refractivity contribution < 1.29 is 0 Å². The minimum absolute atomic E-state index is 0. The molecule has 1 aromatic rings. The Hall–Kier alpha value is -0.0100. The fourth-order valence-corrected chi connectivity index (χ4v) is 0.798. The molecule has 1 rings (SSSR count). The SMILES string of the molecule is Cc1ccc(Br)cc1.Cl. The highest BCUT2D eigenvalue weighted by Crippen LogP contribution is 2.08. The van der Waals surface area contributed by atoms with E-state index < -0.39 is 0 Å². The summed E-state index contributed by atoms with van der Waals surface area (Å²) in [6, 6.07) is 8.22. The molecule has 0 aliphatic rings. The molecule has 0 aliphatic heterocycles. The predicted molar refractivity (Wildman–Crippen MR) is 46.1 cm³/mol. The van der Waals surface area contributed by atoms with Crippen LogP contribution in [-0.2, 0) is 0 Å². The molecule has 0 bridgehead atoms. The van der Waals surface area contributed by atoms with Crippen LogP contribution in [0.4, 0.5) is 0 Å². The molecular formula is C7H8BrCl. The maximum absolute atomic E-state index is 3.35. The first kappa shape index (κ1) is 8.99. The lowest BCUT2D eigenvalue weighted by Gasteiger charge is -1.88. The fraction of sp³-hybridized carbons (Fsp3) is 0.143. The van der Waals surface area contributed by atoms with Gasteiger partial charge in [-0.3, -0.25) is 0 Å². The lowest BCUT2D eigenvalue weighted by molar-refractivity contribution is 1.46. The molecule has 0 atom stereocenters. The zero-order valence-corrected chi connectivity index (χ0v) is 7.50. The summed E-state index contributed by atoms with van der Waals surface area (Å²) in [6.07, 6.45) is 0. The smallest absolute Gasteiger partial charge is 0.0175 e. The monoisotopic (exact) mass is 206 g/mol. The van der Waals surface area contributed by atoms with E-state index in [0.717, 1.165) is 4.47 Å². The van der Waals surface area contributed by atoms with Gasteiger partial charge in [-0.05, 0) is 19.1 Å². The third-order valence-electron chi connectivity index (χ3n) is 1.01. The van der Waals surface area contributed by atoms with Crippen LogP contribution in [0.1, 0.15) is 5.56 Å². The van der Waals surface area contributed by atoms with E-state index >= 15 is 0 Å². The van der Waals surface area contributed by atoms with Crippen molar-refractivity contribution in [3.63, 3.8) is 0 Å². The number of aryl methyl sites for hydroxylation is 1. The van der Waals surface area contributed by atoms with Gasteiger partial charge >= 0.3 is 0 Å². The average molecular weight is 207 g/mol. The molecule has 0 radical (unpaired) electrons. The third-order valence-corrected chi connectivity index (χ3v) is 1.54. The molecule has 0 aromatic heterocycles. The summed E-state index contributed by atoms with van der Waals surface area (Å²) in [5.41, 5.74) is 1.30. The van der Waals surface area contributed by atoms with E-state index in [1.165, 1.54) is 5.56 Å². The second-order valence-electron chi connectivity index (χ2n) is 1.80. The van der Waals surface area contributed by atoms with E-state index in [1.807, 2.05) is 12.1 Å². The highest BCUT2D eigenvalue weighted by atomic mass is 79.9. The van der Waals surface area contributed by atoms with Crippen molar-refractivity contribution in [1.82, 2.24) is 0 Å². The second-order valence-corrected chi connectivity index (χ2v) is 2.71. The Labute approximate surface area is 69.8 Å². The molecule has 0 spiro atoms. The molecule has 0 N–H and O–H groups in total. The van der Waals surface area contributed by atoms with Gasteiger partial charge in [0, 0.05) is 4.47 Å². The van der Waals surface area contributed by atoms with E-state index in [-0.39, 0.29) is 12.4 Å². The number of halogens is 2. The minimum Gasteiger partial charge on any atom is -0.147 e. The number of hydrogen-bond donors (Lipinski definition) is 0. The van der Waals surface area contributed by atoms with Crippen LogP contribution >= 0.6 is 28.3 Å². The van der Waals surface area contributed by atoms with Gasteiger partial charge in [0.1, 0.15) is 0 Å². The van der Waals surface area contributed by atoms with Crippen molar-refractivity contribution >= 4 is 28.3 Å². The van der Waals surface area contributed by atoms with E-state index in [2.05, 4.69) is 35.0 Å². The Morgan fingerprint density at radius 3 is 1.89 bits per heavy atom. The van der Waals surface area contributed by atoms with Crippen molar-refractivity contribution in [3.05, 3.63) is 34.3 Å². The van der Waals surface area contributed by atoms with Gasteiger partial charge in [-0.25, -0.2) is 0 Å². The molecule has 0 saturated carbocycles. The van der Waals surface area contributed by atoms with Crippen molar-refractivity contribution in [2.45, 2.75) is 6.92 Å². The summed E-state index contributed by atoms with van der Waals surface area (Å²) in [5, 5.41) is 0. The first-order chi connectivity index (χ1) is 3.79. The Morgan fingerprint density at radius 1 is 1.11 bits per heavy atom. The summed E-state index contributed by atoms with van der Waals surface area (Å²) < 4.78 is 1.14. The van der Waals surface area contributed by atoms with E-state index in [4.69, 9.17) is 0 Å². The summed E-state index contributed by atoms with van der Waals surface area (Å²) >= 11 is 3.35. The zero-order valence-electron chi connectivity index (χ0n) is 5.10. The molecule has 2 heteroatoms. The van der Waals surface area contributed by atoms with Gasteiger partial charge in [-0.1, -0.05) is 33.6 Å². The number of benzene rings is 1. The standard InChI is InChI=1S/C7H7Br.ClH/c1-6-2-4-7(8)5-3-6;/h2-5H,1H3;1H. The molecule has 0 fully saturated rings. The Balaban J connectivity index is 0.000000640. The number of rotatable bonds is 0. The molecule has 0 nitrogen and oxygen atoms in total. The van der Waals surface area contributed by atoms with Gasteiger partial charge in [-0.15, -0.1) is 12.4 Å². The molecule has 0 amide bonds. The second kappa shape index (κ2) is 3.91. The Morgan fingerprint density at radius 2 is 1.56 bits per heavy atom. The highest BCUT2D eigenvalue weighted by molar-refractivity contribution is 9.10. The van der Waals surface area contributed by atoms with Gasteiger partial charge < -0.3 is 0 Å². The molecule has 0 aliphatic carbocycles. The van der Waals surface area contributed by atoms with Crippen molar-refractivity contribution in [2.75, 3.05) is 0 Å². The molecule has 9 heavy (non-hydrogen) atoms. The molecular weight excluding hydrogens is 199 g/mol. The van der Waals surface area contributed by atoms with Crippen LogP contribution in [0.2, 0.25) is 0 Å². The zero-order chi connectivity index (χ0) is 5.98. The Bertz CT molecular complexity index is 148. The molecule has 1 aromatic carbocycles. The largest absolute Gasteiger partial charge is 0.147 e. The van der Waals surface area contributed by atoms with E-state index in [0.29, 0.717) is 0 Å². The normalized spacial score (nSPS) is 8.22. The van der Waals surface area contributed by atoms with Crippen LogP contribution in [0.5, 0.6) is 0 Å². The Kier molecular flexibility index (Phi) is 3.91. The summed E-state index contributed by atoms with van der Waals surface area (Å²) in [7, 11) is 0. The van der Waals surface area contributed by atoms with Crippen LogP contribution in [0.3, 0.4) is 0 Å². The first-order valence-electron chi connectivity index (χ1n) is 2.51. The van der Waals surface area contributed by atoms with Gasteiger partial charge in [0.2, 0.25) is 0 Å². The minimum atomic E-state index is 0. The van der Waals surface area contributed by atoms with Gasteiger partial charge in [0.05, 0.1) is 0 Å². The van der Waals surface area contributed by atoms with Crippen LogP contribution in [-0.4, -0.2) is 0 Å². The maximum Gasteiger partial charge on any atom is 0.0175 e. The summed E-state index contributed by atoms with van der Waals surface area (Å²) in [5.74, 6) is 0. The van der Waals surface area contributed by atoms with Crippen molar-refractivity contribution in [1.29, 1.82) is 0 Å². The highest BCUT2D eigenvalue weighted by Gasteiger charge is 1.81. The quantitative estimate of drug-likeness (QED) is 0.613. The molecule has 0 heterocycles. The molecule has 0 saturated heterocycles. The summed E-state index contributed by atoms with van der Waals surface area (Å²) in [6.45, 7) is 2.08. The van der Waals surface area contributed by atoms with Crippen LogP contribution in [0, 0.1) is 6.92 Å². The maximum atomic E-state index is 3.35. The predicted octanol–water partition coefficient (Wildman–Crippen LogP) is 3.18. The van der Waals surface area contributed by atoms with Gasteiger partial charge in [-0.2, -0.15) is 0 Å². The molecule has 0 unspecified atom stereocenters. The topological polar surface area (TPSA) is 0 Å². The van der Waals surface area contributed by atoms with Crippen LogP contribution < -0.4 is 0 Å². The van der Waals surface area contributed by atoms with Gasteiger partial charge in [0.25, 0.3) is 0 Å². The lowest BCUT2D eigenvalue weighted by atomic mass is 10.2. The van der Waals surface area contributed by atoms with Crippen LogP contribution in [0.25, 0.3) is 0 Å². The van der Waals surface area contributed by atoms with E-state index in [9.17, 15) is 0 Å². The lowest BCUT2D eigenvalue weighted by Crippen LogP contribution is -1.66. The first-order valence-corrected chi connectivity index (χ1v) is 3.30. The van der Waals surface area contributed by atoms with Gasteiger partial charge in [0.15, 0.2) is 0 Å².